The van der Waals surface area contributed by atoms with Crippen LogP contribution >= 0.6 is 12.4 Å². The van der Waals surface area contributed by atoms with Gasteiger partial charge >= 0.3 is 5.63 Å². The van der Waals surface area contributed by atoms with E-state index in [4.69, 9.17) is 4.42 Å². The molecule has 5 nitrogen and oxygen atoms in total. The van der Waals surface area contributed by atoms with E-state index in [9.17, 15) is 9.59 Å². The fraction of sp³-hybridized carbons (Fsp3) is 0.333. The molecule has 0 aliphatic carbocycles. The van der Waals surface area contributed by atoms with Gasteiger partial charge in [-0.05, 0) is 18.6 Å². The number of nitrogens with one attached hydrogen (secondary N) is 2. The number of carbonyl (C=O) groups is 1. The molecule has 1 fully saturated rings. The summed E-state index contributed by atoms with van der Waals surface area (Å²) in [6.07, 6.45) is 0. The van der Waals surface area contributed by atoms with Gasteiger partial charge in [0.2, 0.25) is 0 Å². The molecule has 112 valence electrons. The summed E-state index contributed by atoms with van der Waals surface area (Å²) in [6, 6.07) is 7.23. The highest BCUT2D eigenvalue weighted by atomic mass is 35.5. The van der Waals surface area contributed by atoms with Crippen LogP contribution in [0.25, 0.3) is 11.0 Å². The number of fused-ring (bicyclic) bond motifs is 1. The Morgan fingerprint density at radius 2 is 2.10 bits per heavy atom. The SMILES string of the molecule is Cc1c(C(=O)NCC2CNC2)c(=O)oc2ccccc12.Cl. The second kappa shape index (κ2) is 6.28. The maximum Gasteiger partial charge on any atom is 0.349 e. The van der Waals surface area contributed by atoms with Crippen molar-refractivity contribution in [3.63, 3.8) is 0 Å². The van der Waals surface area contributed by atoms with Crippen LogP contribution in [0.5, 0.6) is 0 Å². The average Bonchev–Trinajstić information content (AvgIpc) is 2.37. The zero-order chi connectivity index (χ0) is 14.1. The second-order valence-electron chi connectivity index (χ2n) is 5.12. The number of aryl methyl sites for hydroxylation is 1. The van der Waals surface area contributed by atoms with Gasteiger partial charge in [-0.25, -0.2) is 4.79 Å². The Hall–Kier alpha value is -1.85. The lowest BCUT2D eigenvalue weighted by Gasteiger charge is -2.27. The van der Waals surface area contributed by atoms with Crippen LogP contribution in [0, 0.1) is 12.8 Å². The van der Waals surface area contributed by atoms with Gasteiger partial charge in [-0.15, -0.1) is 12.4 Å². The molecule has 1 aliphatic rings. The van der Waals surface area contributed by atoms with Gasteiger partial charge < -0.3 is 15.1 Å². The molecule has 1 aromatic heterocycles. The Labute approximate surface area is 128 Å². The zero-order valence-electron chi connectivity index (χ0n) is 11.6. The summed E-state index contributed by atoms with van der Waals surface area (Å²) < 4.78 is 5.21. The van der Waals surface area contributed by atoms with Crippen LogP contribution in [0.2, 0.25) is 0 Å². The molecule has 0 spiro atoms. The van der Waals surface area contributed by atoms with Gasteiger partial charge in [0.1, 0.15) is 11.1 Å². The zero-order valence-corrected chi connectivity index (χ0v) is 12.5. The van der Waals surface area contributed by atoms with E-state index in [1.165, 1.54) is 0 Å². The molecule has 1 amide bonds. The number of carbonyl (C=O) groups excluding carboxylic acids is 1. The quantitative estimate of drug-likeness (QED) is 0.842. The molecule has 1 aliphatic heterocycles. The molecule has 0 saturated carbocycles. The van der Waals surface area contributed by atoms with Crippen molar-refractivity contribution in [2.75, 3.05) is 19.6 Å². The molecule has 0 radical (unpaired) electrons. The van der Waals surface area contributed by atoms with E-state index in [2.05, 4.69) is 10.6 Å². The average molecular weight is 309 g/mol. The lowest BCUT2D eigenvalue weighted by atomic mass is 10.0. The lowest BCUT2D eigenvalue weighted by Crippen LogP contribution is -2.48. The first-order valence-corrected chi connectivity index (χ1v) is 6.68. The lowest BCUT2D eigenvalue weighted by molar-refractivity contribution is 0.0938. The maximum atomic E-state index is 12.2. The van der Waals surface area contributed by atoms with Gasteiger partial charge in [0.05, 0.1) is 0 Å². The molecule has 3 rings (SSSR count). The van der Waals surface area contributed by atoms with Crippen LogP contribution in [0.3, 0.4) is 0 Å². The molecule has 6 heteroatoms. The minimum Gasteiger partial charge on any atom is -0.422 e. The highest BCUT2D eigenvalue weighted by molar-refractivity contribution is 5.99. The van der Waals surface area contributed by atoms with Gasteiger partial charge in [-0.1, -0.05) is 18.2 Å². The summed E-state index contributed by atoms with van der Waals surface area (Å²) in [7, 11) is 0. The van der Waals surface area contributed by atoms with Gasteiger partial charge in [-0.2, -0.15) is 0 Å². The third-order valence-corrected chi connectivity index (χ3v) is 3.72. The number of rotatable bonds is 3. The summed E-state index contributed by atoms with van der Waals surface area (Å²) in [5, 5.41) is 6.74. The second-order valence-corrected chi connectivity index (χ2v) is 5.12. The molecular weight excluding hydrogens is 292 g/mol. The van der Waals surface area contributed by atoms with Crippen molar-refractivity contribution in [1.29, 1.82) is 0 Å². The molecule has 1 aromatic carbocycles. The molecule has 21 heavy (non-hydrogen) atoms. The Balaban J connectivity index is 0.00000161. The highest BCUT2D eigenvalue weighted by Gasteiger charge is 2.21. The fourth-order valence-electron chi connectivity index (χ4n) is 2.39. The Morgan fingerprint density at radius 1 is 1.38 bits per heavy atom. The Morgan fingerprint density at radius 3 is 2.76 bits per heavy atom. The predicted octanol–water partition coefficient (Wildman–Crippen LogP) is 1.47. The highest BCUT2D eigenvalue weighted by Crippen LogP contribution is 2.18. The maximum absolute atomic E-state index is 12.2. The smallest absolute Gasteiger partial charge is 0.349 e. The van der Waals surface area contributed by atoms with E-state index in [1.54, 1.807) is 19.1 Å². The molecule has 0 unspecified atom stereocenters. The summed E-state index contributed by atoms with van der Waals surface area (Å²) in [4.78, 5) is 24.2. The van der Waals surface area contributed by atoms with Crippen LogP contribution in [0.15, 0.2) is 33.5 Å². The molecule has 2 aromatic rings. The third-order valence-electron chi connectivity index (χ3n) is 3.72. The van der Waals surface area contributed by atoms with Crippen molar-refractivity contribution in [1.82, 2.24) is 10.6 Å². The van der Waals surface area contributed by atoms with E-state index in [-0.39, 0.29) is 23.9 Å². The normalized spacial score (nSPS) is 14.3. The van der Waals surface area contributed by atoms with E-state index < -0.39 is 5.63 Å². The summed E-state index contributed by atoms with van der Waals surface area (Å²) in [5.74, 6) is 0.0978. The van der Waals surface area contributed by atoms with E-state index in [0.29, 0.717) is 23.6 Å². The number of para-hydroxylation sites is 1. The summed E-state index contributed by atoms with van der Waals surface area (Å²) >= 11 is 0. The summed E-state index contributed by atoms with van der Waals surface area (Å²) in [5.41, 5.74) is 0.706. The van der Waals surface area contributed by atoms with E-state index in [0.717, 1.165) is 18.5 Å². The predicted molar refractivity (Wildman–Crippen MR) is 83.2 cm³/mol. The van der Waals surface area contributed by atoms with Crippen molar-refractivity contribution in [2.45, 2.75) is 6.92 Å². The van der Waals surface area contributed by atoms with E-state index >= 15 is 0 Å². The van der Waals surface area contributed by atoms with Crippen molar-refractivity contribution in [2.24, 2.45) is 5.92 Å². The first-order valence-electron chi connectivity index (χ1n) is 6.68. The van der Waals surface area contributed by atoms with Crippen LogP contribution < -0.4 is 16.3 Å². The molecule has 0 bridgehead atoms. The minimum absolute atomic E-state index is 0. The first-order chi connectivity index (χ1) is 9.66. The Kier molecular flexibility index (Phi) is 4.65. The topological polar surface area (TPSA) is 71.3 Å². The standard InChI is InChI=1S/C15H16N2O3.ClH/c1-9-11-4-2-3-5-12(11)20-15(19)13(9)14(18)17-8-10-6-16-7-10;/h2-5,10,16H,6-8H2,1H3,(H,17,18);1H. The minimum atomic E-state index is -0.578. The number of hydrogen-bond donors (Lipinski definition) is 2. The van der Waals surface area contributed by atoms with Gasteiger partial charge in [0.25, 0.3) is 5.91 Å². The van der Waals surface area contributed by atoms with Gasteiger partial charge in [0.15, 0.2) is 0 Å². The number of benzene rings is 1. The van der Waals surface area contributed by atoms with Gasteiger partial charge in [0, 0.05) is 30.9 Å². The van der Waals surface area contributed by atoms with Crippen molar-refractivity contribution in [3.05, 3.63) is 45.8 Å². The van der Waals surface area contributed by atoms with E-state index in [1.807, 2.05) is 12.1 Å². The fourth-order valence-corrected chi connectivity index (χ4v) is 2.39. The number of halogens is 1. The number of hydrogen-bond acceptors (Lipinski definition) is 4. The molecular formula is C15H17ClN2O3. The van der Waals surface area contributed by atoms with Crippen molar-refractivity contribution in [3.8, 4) is 0 Å². The van der Waals surface area contributed by atoms with Crippen LogP contribution in [-0.4, -0.2) is 25.5 Å². The number of amides is 1. The van der Waals surface area contributed by atoms with Crippen LogP contribution in [-0.2, 0) is 0 Å². The first kappa shape index (κ1) is 15.5. The van der Waals surface area contributed by atoms with Crippen LogP contribution in [0.1, 0.15) is 15.9 Å². The Bertz CT molecular complexity index is 722. The molecule has 2 N–H and O–H groups in total. The van der Waals surface area contributed by atoms with Crippen molar-refractivity contribution < 1.29 is 9.21 Å². The monoisotopic (exact) mass is 308 g/mol. The third kappa shape index (κ3) is 2.94. The molecule has 0 atom stereocenters. The van der Waals surface area contributed by atoms with Crippen molar-refractivity contribution >= 4 is 29.3 Å². The molecule has 2 heterocycles. The molecule has 1 saturated heterocycles. The summed E-state index contributed by atoms with van der Waals surface area (Å²) in [6.45, 7) is 4.17. The van der Waals surface area contributed by atoms with Gasteiger partial charge in [-0.3, -0.25) is 4.79 Å². The van der Waals surface area contributed by atoms with Crippen LogP contribution in [0.4, 0.5) is 0 Å². The largest absolute Gasteiger partial charge is 0.422 e.